The second kappa shape index (κ2) is 6.83. The molecule has 0 saturated carbocycles. The van der Waals surface area contributed by atoms with Crippen LogP contribution in [0.5, 0.6) is 0 Å². The molecule has 0 radical (unpaired) electrons. The van der Waals surface area contributed by atoms with Crippen LogP contribution in [0.25, 0.3) is 44.5 Å². The summed E-state index contributed by atoms with van der Waals surface area (Å²) in [5, 5.41) is 10.5. The van der Waals surface area contributed by atoms with Crippen LogP contribution >= 0.6 is 0 Å². The van der Waals surface area contributed by atoms with Gasteiger partial charge >= 0.3 is 0 Å². The van der Waals surface area contributed by atoms with Gasteiger partial charge in [-0.3, -0.25) is 0 Å². The number of nitrogens with zero attached hydrogens (tertiary/aromatic N) is 3. The van der Waals surface area contributed by atoms with Crippen LogP contribution < -0.4 is 4.40 Å². The first kappa shape index (κ1) is 17.4. The number of benzene rings is 3. The average molecular weight is 396 g/mol. The van der Waals surface area contributed by atoms with Gasteiger partial charge in [0.25, 0.3) is 5.65 Å². The molecule has 3 heteroatoms. The summed E-state index contributed by atoms with van der Waals surface area (Å²) in [7, 11) is 0. The van der Waals surface area contributed by atoms with Gasteiger partial charge in [0.2, 0.25) is 0 Å². The van der Waals surface area contributed by atoms with Gasteiger partial charge in [0, 0.05) is 17.0 Å². The van der Waals surface area contributed by atoms with Crippen LogP contribution in [-0.2, 0) is 0 Å². The van der Waals surface area contributed by atoms with Crippen molar-refractivity contribution < 1.29 is 4.40 Å². The number of rotatable bonds is 2. The van der Waals surface area contributed by atoms with Gasteiger partial charge in [0.1, 0.15) is 11.0 Å². The molecule has 6 aromatic rings. The van der Waals surface area contributed by atoms with Crippen molar-refractivity contribution in [1.82, 2.24) is 4.40 Å². The Balaban J connectivity index is 1.90. The van der Waals surface area contributed by atoms with Crippen LogP contribution in [0.15, 0.2) is 109 Å². The maximum atomic E-state index is 9.41. The molecule has 0 saturated heterocycles. The summed E-state index contributed by atoms with van der Waals surface area (Å²) in [4.78, 5) is 0. The monoisotopic (exact) mass is 396 g/mol. The maximum Gasteiger partial charge on any atom is 0.292 e. The van der Waals surface area contributed by atoms with Gasteiger partial charge in [-0.2, -0.15) is 14.1 Å². The standard InChI is InChI=1S/C28H18N3/c29-19-20-14-15-24-23(17-20)18-25-27(21-9-3-1-4-10-21)28(22-11-5-2-6-12-22)30-16-8-7-13-26(30)31(24)25/h1-18H/q+1. The summed E-state index contributed by atoms with van der Waals surface area (Å²) < 4.78 is 4.56. The zero-order chi connectivity index (χ0) is 20.8. The van der Waals surface area contributed by atoms with E-state index in [2.05, 4.69) is 93.9 Å². The minimum Gasteiger partial charge on any atom is -0.198 e. The average Bonchev–Trinajstić information content (AvgIpc) is 3.22. The summed E-state index contributed by atoms with van der Waals surface area (Å²) in [6, 6.07) is 37.7. The molecule has 0 atom stereocenters. The molecular weight excluding hydrogens is 378 g/mol. The van der Waals surface area contributed by atoms with E-state index in [-0.39, 0.29) is 0 Å². The molecule has 3 heterocycles. The van der Waals surface area contributed by atoms with E-state index in [9.17, 15) is 5.26 Å². The largest absolute Gasteiger partial charge is 0.292 e. The number of aromatic nitrogens is 2. The number of nitriles is 1. The Morgan fingerprint density at radius 1 is 0.677 bits per heavy atom. The molecule has 0 aliphatic rings. The molecule has 0 spiro atoms. The molecule has 0 unspecified atom stereocenters. The summed E-state index contributed by atoms with van der Waals surface area (Å²) in [5.41, 5.74) is 8.61. The SMILES string of the molecule is N#Cc1ccc2c(c1)cc1c(-c3ccccc3)c(-c3ccccc3)[n+]3ccccc3n12. The maximum absolute atomic E-state index is 9.41. The van der Waals surface area contributed by atoms with Crippen LogP contribution in [0.1, 0.15) is 5.56 Å². The number of fused-ring (bicyclic) bond motifs is 5. The Kier molecular flexibility index (Phi) is 3.84. The Morgan fingerprint density at radius 2 is 1.39 bits per heavy atom. The molecule has 0 fully saturated rings. The third kappa shape index (κ3) is 2.63. The normalized spacial score (nSPS) is 11.2. The summed E-state index contributed by atoms with van der Waals surface area (Å²) >= 11 is 0. The van der Waals surface area contributed by atoms with Crippen LogP contribution in [0.4, 0.5) is 0 Å². The van der Waals surface area contributed by atoms with Crippen molar-refractivity contribution in [3.8, 4) is 28.5 Å². The van der Waals surface area contributed by atoms with Crippen molar-refractivity contribution in [3.05, 3.63) is 115 Å². The van der Waals surface area contributed by atoms with Crippen molar-refractivity contribution in [1.29, 1.82) is 5.26 Å². The fourth-order valence-corrected chi connectivity index (χ4v) is 4.53. The zero-order valence-electron chi connectivity index (χ0n) is 16.7. The van der Waals surface area contributed by atoms with E-state index < -0.39 is 0 Å². The first-order valence-electron chi connectivity index (χ1n) is 10.3. The van der Waals surface area contributed by atoms with Crippen LogP contribution in [0, 0.1) is 11.3 Å². The molecule has 3 aromatic heterocycles. The van der Waals surface area contributed by atoms with Gasteiger partial charge in [-0.1, -0.05) is 66.7 Å². The van der Waals surface area contributed by atoms with Gasteiger partial charge in [0.05, 0.1) is 23.4 Å². The van der Waals surface area contributed by atoms with Gasteiger partial charge in [0.15, 0.2) is 5.69 Å². The highest BCUT2D eigenvalue weighted by Crippen LogP contribution is 2.37. The van der Waals surface area contributed by atoms with Gasteiger partial charge < -0.3 is 0 Å². The van der Waals surface area contributed by atoms with Crippen LogP contribution in [0.3, 0.4) is 0 Å². The smallest absolute Gasteiger partial charge is 0.198 e. The molecule has 0 aliphatic carbocycles. The molecule has 3 aromatic carbocycles. The number of pyridine rings is 1. The lowest BCUT2D eigenvalue weighted by molar-refractivity contribution is -0.501. The van der Waals surface area contributed by atoms with E-state index in [4.69, 9.17) is 0 Å². The lowest BCUT2D eigenvalue weighted by Crippen LogP contribution is -2.28. The molecule has 0 N–H and O–H groups in total. The molecule has 31 heavy (non-hydrogen) atoms. The van der Waals surface area contributed by atoms with E-state index in [1.807, 2.05) is 30.3 Å². The van der Waals surface area contributed by atoms with E-state index in [1.54, 1.807) is 0 Å². The second-order valence-electron chi connectivity index (χ2n) is 7.63. The van der Waals surface area contributed by atoms with E-state index in [0.29, 0.717) is 5.56 Å². The predicted octanol–water partition coefficient (Wildman–Crippen LogP) is 6.04. The number of hydrogen-bond acceptors (Lipinski definition) is 1. The highest BCUT2D eigenvalue weighted by molar-refractivity contribution is 5.99. The predicted molar refractivity (Wildman–Crippen MR) is 124 cm³/mol. The Hall–Kier alpha value is -4.42. The molecular formula is C28H18N3+. The van der Waals surface area contributed by atoms with Crippen LogP contribution in [-0.4, -0.2) is 4.40 Å². The second-order valence-corrected chi connectivity index (χ2v) is 7.63. The topological polar surface area (TPSA) is 32.3 Å². The van der Waals surface area contributed by atoms with Crippen molar-refractivity contribution >= 4 is 22.1 Å². The summed E-state index contributed by atoms with van der Waals surface area (Å²) in [6.07, 6.45) is 2.12. The lowest BCUT2D eigenvalue weighted by Gasteiger charge is -2.12. The van der Waals surface area contributed by atoms with Crippen molar-refractivity contribution in [3.63, 3.8) is 0 Å². The Labute approximate surface area is 179 Å². The molecule has 3 nitrogen and oxygen atoms in total. The van der Waals surface area contributed by atoms with E-state index in [0.717, 1.165) is 38.9 Å². The first-order chi connectivity index (χ1) is 15.3. The molecule has 0 amide bonds. The summed E-state index contributed by atoms with van der Waals surface area (Å²) in [6.45, 7) is 0. The third-order valence-corrected chi connectivity index (χ3v) is 5.84. The third-order valence-electron chi connectivity index (χ3n) is 5.84. The van der Waals surface area contributed by atoms with E-state index >= 15 is 0 Å². The summed E-state index contributed by atoms with van der Waals surface area (Å²) in [5.74, 6) is 0. The minimum atomic E-state index is 0.671. The Bertz CT molecular complexity index is 1620. The van der Waals surface area contributed by atoms with Gasteiger partial charge in [-0.15, -0.1) is 0 Å². The molecule has 144 valence electrons. The van der Waals surface area contributed by atoms with Gasteiger partial charge in [-0.05, 0) is 35.9 Å². The number of hydrogen-bond donors (Lipinski definition) is 0. The molecule has 0 aliphatic heterocycles. The minimum absolute atomic E-state index is 0.671. The van der Waals surface area contributed by atoms with Gasteiger partial charge in [-0.25, -0.2) is 0 Å². The quantitative estimate of drug-likeness (QED) is 0.329. The lowest BCUT2D eigenvalue weighted by atomic mass is 9.98. The van der Waals surface area contributed by atoms with E-state index in [1.165, 1.54) is 5.56 Å². The Morgan fingerprint density at radius 3 is 2.13 bits per heavy atom. The first-order valence-corrected chi connectivity index (χ1v) is 10.3. The highest BCUT2D eigenvalue weighted by Gasteiger charge is 2.25. The zero-order valence-corrected chi connectivity index (χ0v) is 16.7. The van der Waals surface area contributed by atoms with Crippen molar-refractivity contribution in [2.45, 2.75) is 0 Å². The van der Waals surface area contributed by atoms with Crippen molar-refractivity contribution in [2.75, 3.05) is 0 Å². The molecule has 0 bridgehead atoms. The van der Waals surface area contributed by atoms with Crippen molar-refractivity contribution in [2.24, 2.45) is 0 Å². The fraction of sp³-hybridized carbons (Fsp3) is 0. The highest BCUT2D eigenvalue weighted by atomic mass is 15.1. The fourth-order valence-electron chi connectivity index (χ4n) is 4.53. The van der Waals surface area contributed by atoms with Crippen LogP contribution in [0.2, 0.25) is 0 Å². The molecule has 6 rings (SSSR count).